The second-order valence-electron chi connectivity index (χ2n) is 7.63. The van der Waals surface area contributed by atoms with Gasteiger partial charge < -0.3 is 19.5 Å². The van der Waals surface area contributed by atoms with Crippen LogP contribution in [0.4, 0.5) is 5.69 Å². The molecule has 0 saturated carbocycles. The maximum absolute atomic E-state index is 6.13. The van der Waals surface area contributed by atoms with Crippen LogP contribution in [0, 0.1) is 0 Å². The Morgan fingerprint density at radius 1 is 1.00 bits per heavy atom. The first-order valence-electron chi connectivity index (χ1n) is 7.55. The van der Waals surface area contributed by atoms with E-state index in [1.165, 1.54) is 0 Å². The van der Waals surface area contributed by atoms with Gasteiger partial charge in [-0.2, -0.15) is 0 Å². The molecule has 0 aromatic heterocycles. The van der Waals surface area contributed by atoms with Gasteiger partial charge in [-0.3, -0.25) is 0 Å². The Morgan fingerprint density at radius 3 is 2.29 bits per heavy atom. The average Bonchev–Trinajstić information content (AvgIpc) is 2.69. The number of fused-ring (bicyclic) bond motifs is 1. The number of hydrogen-bond donors (Lipinski definition) is 1. The standard InChI is InChI=1S/C17H25NO3/c1-15(2)10-14(16(3,4)21-15)18-11-7-8-12-13(9-11)20-17(5,6)19-12/h7-9,14,18H,10H2,1-6H3. The molecule has 4 heteroatoms. The smallest absolute Gasteiger partial charge is 0.246 e. The Morgan fingerprint density at radius 2 is 1.67 bits per heavy atom. The molecule has 21 heavy (non-hydrogen) atoms. The SMILES string of the molecule is CC1(C)CC(Nc2ccc3c(c2)OC(C)(C)O3)C(C)(C)O1. The summed E-state index contributed by atoms with van der Waals surface area (Å²) >= 11 is 0. The molecular weight excluding hydrogens is 266 g/mol. The summed E-state index contributed by atoms with van der Waals surface area (Å²) in [4.78, 5) is 0. The Labute approximate surface area is 126 Å². The van der Waals surface area contributed by atoms with E-state index >= 15 is 0 Å². The maximum Gasteiger partial charge on any atom is 0.246 e. The number of rotatable bonds is 2. The van der Waals surface area contributed by atoms with Crippen LogP contribution in [-0.2, 0) is 4.74 Å². The highest BCUT2D eigenvalue weighted by Gasteiger charge is 2.46. The summed E-state index contributed by atoms with van der Waals surface area (Å²) < 4.78 is 17.6. The lowest BCUT2D eigenvalue weighted by Crippen LogP contribution is -2.38. The van der Waals surface area contributed by atoms with Crippen molar-refractivity contribution in [2.75, 3.05) is 5.32 Å². The van der Waals surface area contributed by atoms with Gasteiger partial charge >= 0.3 is 0 Å². The maximum atomic E-state index is 6.13. The van der Waals surface area contributed by atoms with Crippen LogP contribution in [0.25, 0.3) is 0 Å². The summed E-state index contributed by atoms with van der Waals surface area (Å²) in [6, 6.07) is 6.26. The van der Waals surface area contributed by atoms with Crippen molar-refractivity contribution in [1.29, 1.82) is 0 Å². The molecule has 2 heterocycles. The monoisotopic (exact) mass is 291 g/mol. The van der Waals surface area contributed by atoms with E-state index in [4.69, 9.17) is 14.2 Å². The van der Waals surface area contributed by atoms with Crippen molar-refractivity contribution in [3.63, 3.8) is 0 Å². The van der Waals surface area contributed by atoms with Crippen molar-refractivity contribution >= 4 is 5.69 Å². The molecule has 1 aromatic carbocycles. The van der Waals surface area contributed by atoms with Gasteiger partial charge in [-0.25, -0.2) is 0 Å². The van der Waals surface area contributed by atoms with Gasteiger partial charge in [-0.1, -0.05) is 0 Å². The van der Waals surface area contributed by atoms with Crippen LogP contribution in [0.15, 0.2) is 18.2 Å². The van der Waals surface area contributed by atoms with Gasteiger partial charge in [0.2, 0.25) is 5.79 Å². The summed E-state index contributed by atoms with van der Waals surface area (Å²) in [6.07, 6.45) is 0.972. The van der Waals surface area contributed by atoms with Crippen molar-refractivity contribution < 1.29 is 14.2 Å². The summed E-state index contributed by atoms with van der Waals surface area (Å²) in [5.74, 6) is 1.01. The third-order valence-electron chi connectivity index (χ3n) is 4.07. The first-order valence-corrected chi connectivity index (χ1v) is 7.55. The zero-order valence-electron chi connectivity index (χ0n) is 13.7. The fourth-order valence-electron chi connectivity index (χ4n) is 3.30. The van der Waals surface area contributed by atoms with Crippen molar-refractivity contribution in [1.82, 2.24) is 0 Å². The van der Waals surface area contributed by atoms with E-state index in [0.29, 0.717) is 0 Å². The Kier molecular flexibility index (Phi) is 2.97. The van der Waals surface area contributed by atoms with Crippen molar-refractivity contribution in [3.05, 3.63) is 18.2 Å². The molecule has 1 fully saturated rings. The Bertz CT molecular complexity index is 563. The minimum absolute atomic E-state index is 0.0977. The van der Waals surface area contributed by atoms with Crippen molar-refractivity contribution in [3.8, 4) is 11.5 Å². The van der Waals surface area contributed by atoms with E-state index in [0.717, 1.165) is 23.6 Å². The van der Waals surface area contributed by atoms with Crippen LogP contribution in [-0.4, -0.2) is 23.0 Å². The summed E-state index contributed by atoms with van der Waals surface area (Å²) in [5, 5.41) is 3.58. The lowest BCUT2D eigenvalue weighted by atomic mass is 9.94. The van der Waals surface area contributed by atoms with Crippen LogP contribution in [0.1, 0.15) is 48.0 Å². The highest BCUT2D eigenvalue weighted by atomic mass is 16.7. The molecule has 0 radical (unpaired) electrons. The minimum atomic E-state index is -0.585. The van der Waals surface area contributed by atoms with E-state index in [-0.39, 0.29) is 17.2 Å². The van der Waals surface area contributed by atoms with Gasteiger partial charge in [0.1, 0.15) is 0 Å². The van der Waals surface area contributed by atoms with E-state index < -0.39 is 5.79 Å². The van der Waals surface area contributed by atoms with Crippen LogP contribution in [0.2, 0.25) is 0 Å². The van der Waals surface area contributed by atoms with E-state index in [1.807, 2.05) is 32.0 Å². The lowest BCUT2D eigenvalue weighted by molar-refractivity contribution is -0.0662. The van der Waals surface area contributed by atoms with Crippen LogP contribution in [0.5, 0.6) is 11.5 Å². The number of benzene rings is 1. The second kappa shape index (κ2) is 4.29. The summed E-state index contributed by atoms with van der Waals surface area (Å²) in [6.45, 7) is 12.4. The molecule has 2 aliphatic heterocycles. The topological polar surface area (TPSA) is 39.7 Å². The minimum Gasteiger partial charge on any atom is -0.449 e. The number of anilines is 1. The molecule has 1 saturated heterocycles. The third kappa shape index (κ3) is 2.82. The Hall–Kier alpha value is -1.42. The zero-order chi connectivity index (χ0) is 15.5. The molecule has 2 aliphatic rings. The fourth-order valence-corrected chi connectivity index (χ4v) is 3.30. The quantitative estimate of drug-likeness (QED) is 0.895. The highest BCUT2D eigenvalue weighted by Crippen LogP contribution is 2.43. The molecule has 4 nitrogen and oxygen atoms in total. The van der Waals surface area contributed by atoms with Gasteiger partial charge in [0.15, 0.2) is 11.5 Å². The second-order valence-corrected chi connectivity index (χ2v) is 7.63. The zero-order valence-corrected chi connectivity index (χ0v) is 13.7. The average molecular weight is 291 g/mol. The molecule has 116 valence electrons. The van der Waals surface area contributed by atoms with Gasteiger partial charge in [-0.05, 0) is 46.2 Å². The molecule has 3 rings (SSSR count). The van der Waals surface area contributed by atoms with Crippen LogP contribution >= 0.6 is 0 Å². The molecule has 0 spiro atoms. The lowest BCUT2D eigenvalue weighted by Gasteiger charge is -2.28. The first kappa shape index (κ1) is 14.5. The van der Waals surface area contributed by atoms with E-state index in [9.17, 15) is 0 Å². The Balaban J connectivity index is 1.78. The third-order valence-corrected chi connectivity index (χ3v) is 4.07. The highest BCUT2D eigenvalue weighted by molar-refractivity contribution is 5.57. The van der Waals surface area contributed by atoms with E-state index in [2.05, 4.69) is 33.0 Å². The normalized spacial score (nSPS) is 27.6. The van der Waals surface area contributed by atoms with Crippen LogP contribution < -0.4 is 14.8 Å². The number of hydrogen-bond acceptors (Lipinski definition) is 4. The first-order chi connectivity index (χ1) is 9.56. The predicted molar refractivity (Wildman–Crippen MR) is 83.0 cm³/mol. The molecule has 0 aliphatic carbocycles. The van der Waals surface area contributed by atoms with Crippen molar-refractivity contribution in [2.45, 2.75) is 71.0 Å². The largest absolute Gasteiger partial charge is 0.449 e. The molecular formula is C17H25NO3. The fraction of sp³-hybridized carbons (Fsp3) is 0.647. The van der Waals surface area contributed by atoms with Gasteiger partial charge in [0, 0.05) is 25.6 Å². The molecule has 1 unspecified atom stereocenters. The van der Waals surface area contributed by atoms with Gasteiger partial charge in [0.25, 0.3) is 0 Å². The molecule has 1 atom stereocenters. The molecule has 0 amide bonds. The number of nitrogens with one attached hydrogen (secondary N) is 1. The van der Waals surface area contributed by atoms with E-state index in [1.54, 1.807) is 0 Å². The summed E-state index contributed by atoms with van der Waals surface area (Å²) in [5.41, 5.74) is 0.743. The van der Waals surface area contributed by atoms with Crippen molar-refractivity contribution in [2.24, 2.45) is 0 Å². The molecule has 1 N–H and O–H groups in total. The van der Waals surface area contributed by atoms with Gasteiger partial charge in [-0.15, -0.1) is 0 Å². The molecule has 1 aromatic rings. The summed E-state index contributed by atoms with van der Waals surface area (Å²) in [7, 11) is 0. The predicted octanol–water partition coefficient (Wildman–Crippen LogP) is 3.95. The molecule has 0 bridgehead atoms. The van der Waals surface area contributed by atoms with Gasteiger partial charge in [0.05, 0.1) is 17.2 Å². The van der Waals surface area contributed by atoms with Crippen LogP contribution in [0.3, 0.4) is 0 Å². The number of ether oxygens (including phenoxy) is 3.